The molecule has 0 amide bonds. The Balaban J connectivity index is 1.78. The Bertz CT molecular complexity index is 730. The standard InChI is InChI=1S/C15H17N3O2S/c19-21(20,18-10-12-2-1-6-16-9-12)15-4-3-13-5-7-17-11-14(13)8-15/h1-4,6,8-9,17-18H,5,7,10-11H2. The summed E-state index contributed by atoms with van der Waals surface area (Å²) in [5.41, 5.74) is 3.12. The molecule has 1 aromatic heterocycles. The van der Waals surface area contributed by atoms with E-state index in [-0.39, 0.29) is 6.54 Å². The van der Waals surface area contributed by atoms with Gasteiger partial charge in [-0.3, -0.25) is 4.98 Å². The van der Waals surface area contributed by atoms with Gasteiger partial charge in [0.1, 0.15) is 0 Å². The van der Waals surface area contributed by atoms with Crippen LogP contribution in [0.5, 0.6) is 0 Å². The van der Waals surface area contributed by atoms with Crippen LogP contribution in [0.4, 0.5) is 0 Å². The molecule has 0 spiro atoms. The third kappa shape index (κ3) is 3.29. The Morgan fingerprint density at radius 1 is 1.24 bits per heavy atom. The maximum atomic E-state index is 12.3. The van der Waals surface area contributed by atoms with E-state index >= 15 is 0 Å². The molecule has 0 radical (unpaired) electrons. The fourth-order valence-electron chi connectivity index (χ4n) is 2.39. The lowest BCUT2D eigenvalue weighted by molar-refractivity contribution is 0.580. The third-order valence-electron chi connectivity index (χ3n) is 3.56. The summed E-state index contributed by atoms with van der Waals surface area (Å²) in [7, 11) is -3.50. The minimum absolute atomic E-state index is 0.242. The van der Waals surface area contributed by atoms with Crippen LogP contribution in [0.1, 0.15) is 16.7 Å². The van der Waals surface area contributed by atoms with Crippen molar-refractivity contribution in [1.29, 1.82) is 0 Å². The summed E-state index contributed by atoms with van der Waals surface area (Å²) in [6.45, 7) is 1.91. The van der Waals surface area contributed by atoms with Gasteiger partial charge in [0, 0.05) is 25.5 Å². The SMILES string of the molecule is O=S(=O)(NCc1cccnc1)c1ccc2c(c1)CNCC2. The number of nitrogens with zero attached hydrogens (tertiary/aromatic N) is 1. The molecule has 1 aliphatic rings. The summed E-state index contributed by atoms with van der Waals surface area (Å²) in [6, 6.07) is 8.97. The van der Waals surface area contributed by atoms with Crippen molar-refractivity contribution in [3.8, 4) is 0 Å². The van der Waals surface area contributed by atoms with E-state index in [9.17, 15) is 8.42 Å². The van der Waals surface area contributed by atoms with Gasteiger partial charge in [-0.05, 0) is 47.9 Å². The molecule has 0 fully saturated rings. The highest BCUT2D eigenvalue weighted by Crippen LogP contribution is 2.19. The van der Waals surface area contributed by atoms with Crippen molar-refractivity contribution < 1.29 is 8.42 Å². The number of nitrogens with one attached hydrogen (secondary N) is 2. The van der Waals surface area contributed by atoms with Gasteiger partial charge >= 0.3 is 0 Å². The summed E-state index contributed by atoms with van der Waals surface area (Å²) in [4.78, 5) is 4.29. The summed E-state index contributed by atoms with van der Waals surface area (Å²) in [6.07, 6.45) is 4.26. The normalized spacial score (nSPS) is 14.7. The molecule has 110 valence electrons. The van der Waals surface area contributed by atoms with Crippen LogP contribution in [0.3, 0.4) is 0 Å². The van der Waals surface area contributed by atoms with Crippen LogP contribution in [0, 0.1) is 0 Å². The molecule has 5 nitrogen and oxygen atoms in total. The molecular formula is C15H17N3O2S. The minimum Gasteiger partial charge on any atom is -0.312 e. The summed E-state index contributed by atoms with van der Waals surface area (Å²) < 4.78 is 27.3. The Morgan fingerprint density at radius 2 is 2.14 bits per heavy atom. The average Bonchev–Trinajstić information content (AvgIpc) is 2.53. The predicted octanol–water partition coefficient (Wildman–Crippen LogP) is 1.21. The number of fused-ring (bicyclic) bond motifs is 1. The lowest BCUT2D eigenvalue weighted by atomic mass is 10.0. The first-order valence-electron chi connectivity index (χ1n) is 6.86. The van der Waals surface area contributed by atoms with Crippen LogP contribution in [0.15, 0.2) is 47.6 Å². The number of hydrogen-bond acceptors (Lipinski definition) is 4. The monoisotopic (exact) mass is 303 g/mol. The van der Waals surface area contributed by atoms with Gasteiger partial charge in [-0.25, -0.2) is 13.1 Å². The lowest BCUT2D eigenvalue weighted by Crippen LogP contribution is -2.26. The number of rotatable bonds is 4. The molecule has 6 heteroatoms. The molecule has 1 aromatic carbocycles. The molecule has 3 rings (SSSR count). The molecule has 0 bridgehead atoms. The molecule has 2 N–H and O–H groups in total. The molecule has 1 aliphatic heterocycles. The third-order valence-corrected chi connectivity index (χ3v) is 4.96. The fraction of sp³-hybridized carbons (Fsp3) is 0.267. The Morgan fingerprint density at radius 3 is 2.95 bits per heavy atom. The molecule has 0 aliphatic carbocycles. The molecule has 0 saturated carbocycles. The highest BCUT2D eigenvalue weighted by atomic mass is 32.2. The predicted molar refractivity (Wildman–Crippen MR) is 80.1 cm³/mol. The maximum absolute atomic E-state index is 12.3. The minimum atomic E-state index is -3.50. The summed E-state index contributed by atoms with van der Waals surface area (Å²) in [5.74, 6) is 0. The van der Waals surface area contributed by atoms with E-state index in [0.29, 0.717) is 4.90 Å². The van der Waals surface area contributed by atoms with Crippen LogP contribution in [0.25, 0.3) is 0 Å². The van der Waals surface area contributed by atoms with Crippen LogP contribution >= 0.6 is 0 Å². The summed E-state index contributed by atoms with van der Waals surface area (Å²) in [5, 5.41) is 3.25. The van der Waals surface area contributed by atoms with Crippen molar-refractivity contribution in [1.82, 2.24) is 15.0 Å². The fourth-order valence-corrected chi connectivity index (χ4v) is 3.46. The Hall–Kier alpha value is -1.76. The maximum Gasteiger partial charge on any atom is 0.240 e. The number of benzene rings is 1. The molecule has 2 aromatic rings. The lowest BCUT2D eigenvalue weighted by Gasteiger charge is -2.18. The van der Waals surface area contributed by atoms with Crippen molar-refractivity contribution >= 4 is 10.0 Å². The van der Waals surface area contributed by atoms with Gasteiger partial charge in [0.2, 0.25) is 10.0 Å². The number of pyridine rings is 1. The first-order chi connectivity index (χ1) is 10.1. The highest BCUT2D eigenvalue weighted by molar-refractivity contribution is 7.89. The first kappa shape index (κ1) is 14.2. The van der Waals surface area contributed by atoms with E-state index in [2.05, 4.69) is 15.0 Å². The van der Waals surface area contributed by atoms with Gasteiger partial charge in [-0.15, -0.1) is 0 Å². The Labute approximate surface area is 124 Å². The van der Waals surface area contributed by atoms with Crippen molar-refractivity contribution in [3.63, 3.8) is 0 Å². The van der Waals surface area contributed by atoms with Crippen molar-refractivity contribution in [3.05, 3.63) is 59.4 Å². The van der Waals surface area contributed by atoms with Gasteiger partial charge in [-0.2, -0.15) is 0 Å². The van der Waals surface area contributed by atoms with Crippen LogP contribution in [-0.4, -0.2) is 19.9 Å². The van der Waals surface area contributed by atoms with Gasteiger partial charge in [0.25, 0.3) is 0 Å². The van der Waals surface area contributed by atoms with Gasteiger partial charge in [-0.1, -0.05) is 12.1 Å². The molecular weight excluding hydrogens is 286 g/mol. The molecule has 0 atom stereocenters. The van der Waals surface area contributed by atoms with E-state index in [1.165, 1.54) is 5.56 Å². The quantitative estimate of drug-likeness (QED) is 0.890. The molecule has 21 heavy (non-hydrogen) atoms. The second-order valence-electron chi connectivity index (χ2n) is 5.04. The zero-order chi connectivity index (χ0) is 14.7. The molecule has 0 unspecified atom stereocenters. The van der Waals surface area contributed by atoms with Gasteiger partial charge in [0.05, 0.1) is 4.90 Å². The topological polar surface area (TPSA) is 71.1 Å². The van der Waals surface area contributed by atoms with Crippen LogP contribution in [0.2, 0.25) is 0 Å². The van der Waals surface area contributed by atoms with Crippen LogP contribution in [-0.2, 0) is 29.5 Å². The number of sulfonamides is 1. The zero-order valence-corrected chi connectivity index (χ0v) is 12.4. The Kier molecular flexibility index (Phi) is 4.01. The number of aromatic nitrogens is 1. The molecule has 2 heterocycles. The average molecular weight is 303 g/mol. The van der Waals surface area contributed by atoms with Crippen molar-refractivity contribution in [2.24, 2.45) is 0 Å². The van der Waals surface area contributed by atoms with Crippen molar-refractivity contribution in [2.75, 3.05) is 6.54 Å². The van der Waals surface area contributed by atoms with Gasteiger partial charge < -0.3 is 5.32 Å². The van der Waals surface area contributed by atoms with E-state index < -0.39 is 10.0 Å². The van der Waals surface area contributed by atoms with Crippen molar-refractivity contribution in [2.45, 2.75) is 24.4 Å². The van der Waals surface area contributed by atoms with E-state index in [0.717, 1.165) is 30.6 Å². The second kappa shape index (κ2) is 5.93. The van der Waals surface area contributed by atoms with E-state index in [1.54, 1.807) is 30.6 Å². The number of hydrogen-bond donors (Lipinski definition) is 2. The van der Waals surface area contributed by atoms with Gasteiger partial charge in [0.15, 0.2) is 0 Å². The van der Waals surface area contributed by atoms with E-state index in [1.807, 2.05) is 12.1 Å². The first-order valence-corrected chi connectivity index (χ1v) is 8.34. The van der Waals surface area contributed by atoms with Crippen LogP contribution < -0.4 is 10.0 Å². The molecule has 0 saturated heterocycles. The largest absolute Gasteiger partial charge is 0.312 e. The van der Waals surface area contributed by atoms with E-state index in [4.69, 9.17) is 0 Å². The highest BCUT2D eigenvalue weighted by Gasteiger charge is 2.17. The smallest absolute Gasteiger partial charge is 0.240 e. The second-order valence-corrected chi connectivity index (χ2v) is 6.81. The zero-order valence-electron chi connectivity index (χ0n) is 11.5. The summed E-state index contributed by atoms with van der Waals surface area (Å²) >= 11 is 0.